The number of nitrogens with two attached hydrogens (primary N) is 1. The predicted molar refractivity (Wildman–Crippen MR) is 48.5 cm³/mol. The maximum absolute atomic E-state index is 5.67. The summed E-state index contributed by atoms with van der Waals surface area (Å²) >= 11 is 5.66. The number of halogens is 1. The molecule has 1 aromatic rings. The van der Waals surface area contributed by atoms with Gasteiger partial charge in [0, 0.05) is 6.61 Å². The Kier molecular flexibility index (Phi) is 2.42. The van der Waals surface area contributed by atoms with Crippen molar-refractivity contribution in [1.82, 2.24) is 5.16 Å². The second-order valence-electron chi connectivity index (χ2n) is 3.11. The Labute approximate surface area is 81.0 Å². The number of hydrogen-bond acceptors (Lipinski definition) is 4. The van der Waals surface area contributed by atoms with Gasteiger partial charge >= 0.3 is 0 Å². The molecule has 72 valence electrons. The average Bonchev–Trinajstić information content (AvgIpc) is 2.49. The number of aromatic nitrogens is 1. The maximum Gasteiger partial charge on any atom is 0.195 e. The van der Waals surface area contributed by atoms with E-state index in [-0.39, 0.29) is 11.3 Å². The van der Waals surface area contributed by atoms with E-state index in [0.29, 0.717) is 11.4 Å². The number of nitrogen functional groups attached to an aromatic ring is 1. The fourth-order valence-electron chi connectivity index (χ4n) is 1.47. The molecule has 4 nitrogen and oxygen atoms in total. The minimum Gasteiger partial charge on any atom is -0.393 e. The highest BCUT2D eigenvalue weighted by Gasteiger charge is 2.24. The Morgan fingerprint density at radius 1 is 1.46 bits per heavy atom. The SMILES string of the molecule is Nc1c(Cl)noc1C1CCCCO1. The van der Waals surface area contributed by atoms with Gasteiger partial charge in [0.15, 0.2) is 10.9 Å². The van der Waals surface area contributed by atoms with Crippen molar-refractivity contribution in [2.75, 3.05) is 12.3 Å². The minimum absolute atomic E-state index is 0.0613. The normalized spacial score (nSPS) is 23.3. The van der Waals surface area contributed by atoms with Gasteiger partial charge in [-0.1, -0.05) is 16.8 Å². The molecule has 1 fully saturated rings. The van der Waals surface area contributed by atoms with Crippen LogP contribution >= 0.6 is 11.6 Å². The highest BCUT2D eigenvalue weighted by molar-refractivity contribution is 6.31. The first-order chi connectivity index (χ1) is 6.29. The molecule has 13 heavy (non-hydrogen) atoms. The van der Waals surface area contributed by atoms with Crippen LogP contribution in [0.3, 0.4) is 0 Å². The lowest BCUT2D eigenvalue weighted by molar-refractivity contribution is -0.000791. The van der Waals surface area contributed by atoms with Gasteiger partial charge in [0.1, 0.15) is 11.8 Å². The monoisotopic (exact) mass is 202 g/mol. The van der Waals surface area contributed by atoms with E-state index in [0.717, 1.165) is 25.9 Å². The molecule has 0 spiro atoms. The molecular formula is C8H11ClN2O2. The highest BCUT2D eigenvalue weighted by Crippen LogP contribution is 2.34. The maximum atomic E-state index is 5.67. The summed E-state index contributed by atoms with van der Waals surface area (Å²) < 4.78 is 10.5. The number of nitrogens with zero attached hydrogens (tertiary/aromatic N) is 1. The average molecular weight is 203 g/mol. The van der Waals surface area contributed by atoms with Crippen LogP contribution in [0.5, 0.6) is 0 Å². The molecule has 2 N–H and O–H groups in total. The van der Waals surface area contributed by atoms with Crippen LogP contribution in [0.2, 0.25) is 5.15 Å². The smallest absolute Gasteiger partial charge is 0.195 e. The van der Waals surface area contributed by atoms with Gasteiger partial charge in [0.05, 0.1) is 0 Å². The van der Waals surface area contributed by atoms with Crippen molar-refractivity contribution in [3.05, 3.63) is 10.9 Å². The van der Waals surface area contributed by atoms with Gasteiger partial charge in [0.2, 0.25) is 0 Å². The van der Waals surface area contributed by atoms with Crippen LogP contribution in [0.4, 0.5) is 5.69 Å². The van der Waals surface area contributed by atoms with Crippen molar-refractivity contribution in [2.45, 2.75) is 25.4 Å². The Morgan fingerprint density at radius 3 is 2.85 bits per heavy atom. The van der Waals surface area contributed by atoms with E-state index in [4.69, 9.17) is 26.6 Å². The summed E-state index contributed by atoms with van der Waals surface area (Å²) in [5, 5.41) is 3.80. The van der Waals surface area contributed by atoms with Gasteiger partial charge in [-0.15, -0.1) is 0 Å². The highest BCUT2D eigenvalue weighted by atomic mass is 35.5. The Bertz CT molecular complexity index is 294. The van der Waals surface area contributed by atoms with E-state index in [1.54, 1.807) is 0 Å². The first-order valence-corrected chi connectivity index (χ1v) is 4.69. The zero-order chi connectivity index (χ0) is 9.26. The number of hydrogen-bond donors (Lipinski definition) is 1. The third kappa shape index (κ3) is 1.64. The summed E-state index contributed by atoms with van der Waals surface area (Å²) in [6, 6.07) is 0. The van der Waals surface area contributed by atoms with Crippen LogP contribution < -0.4 is 5.73 Å². The molecular weight excluding hydrogens is 192 g/mol. The van der Waals surface area contributed by atoms with E-state index >= 15 is 0 Å². The van der Waals surface area contributed by atoms with Crippen LogP contribution in [0, 0.1) is 0 Å². The second kappa shape index (κ2) is 3.55. The Hall–Kier alpha value is -0.740. The van der Waals surface area contributed by atoms with Crippen LogP contribution in [0.1, 0.15) is 31.1 Å². The van der Waals surface area contributed by atoms with Crippen molar-refractivity contribution >= 4 is 17.3 Å². The lowest BCUT2D eigenvalue weighted by Gasteiger charge is -2.20. The van der Waals surface area contributed by atoms with Crippen molar-refractivity contribution in [3.8, 4) is 0 Å². The van der Waals surface area contributed by atoms with Gasteiger partial charge in [0.25, 0.3) is 0 Å². The van der Waals surface area contributed by atoms with E-state index in [1.165, 1.54) is 0 Å². The van der Waals surface area contributed by atoms with Crippen molar-refractivity contribution in [3.63, 3.8) is 0 Å². The molecule has 1 atom stereocenters. The lowest BCUT2D eigenvalue weighted by Crippen LogP contribution is -2.12. The molecule has 0 aromatic carbocycles. The van der Waals surface area contributed by atoms with E-state index in [9.17, 15) is 0 Å². The fourth-order valence-corrected chi connectivity index (χ4v) is 1.60. The van der Waals surface area contributed by atoms with E-state index < -0.39 is 0 Å². The molecule has 2 rings (SSSR count). The van der Waals surface area contributed by atoms with Crippen LogP contribution in [-0.2, 0) is 4.74 Å². The van der Waals surface area contributed by atoms with Gasteiger partial charge < -0.3 is 15.0 Å². The molecule has 0 amide bonds. The standard InChI is InChI=1S/C8H11ClN2O2/c9-8-6(10)7(13-11-8)5-3-1-2-4-12-5/h5H,1-4,10H2. The predicted octanol–water partition coefficient (Wildman–Crippen LogP) is 2.15. The van der Waals surface area contributed by atoms with Gasteiger partial charge in [-0.3, -0.25) is 0 Å². The summed E-state index contributed by atoms with van der Waals surface area (Å²) in [7, 11) is 0. The second-order valence-corrected chi connectivity index (χ2v) is 3.46. The van der Waals surface area contributed by atoms with Crippen LogP contribution in [0.25, 0.3) is 0 Å². The summed E-state index contributed by atoms with van der Waals surface area (Å²) in [6.45, 7) is 0.752. The largest absolute Gasteiger partial charge is 0.393 e. The fraction of sp³-hybridized carbons (Fsp3) is 0.625. The lowest BCUT2D eigenvalue weighted by atomic mass is 10.1. The summed E-state index contributed by atoms with van der Waals surface area (Å²) in [5.74, 6) is 0.574. The van der Waals surface area contributed by atoms with Gasteiger partial charge in [-0.05, 0) is 19.3 Å². The van der Waals surface area contributed by atoms with Crippen molar-refractivity contribution < 1.29 is 9.26 Å². The van der Waals surface area contributed by atoms with Gasteiger partial charge in [-0.2, -0.15) is 0 Å². The molecule has 1 aromatic heterocycles. The third-order valence-corrected chi connectivity index (χ3v) is 2.46. The Balaban J connectivity index is 2.18. The molecule has 0 saturated carbocycles. The minimum atomic E-state index is -0.0613. The van der Waals surface area contributed by atoms with Crippen LogP contribution in [0.15, 0.2) is 4.52 Å². The Morgan fingerprint density at radius 2 is 2.31 bits per heavy atom. The first-order valence-electron chi connectivity index (χ1n) is 4.31. The third-order valence-electron chi connectivity index (χ3n) is 2.18. The van der Waals surface area contributed by atoms with Crippen molar-refractivity contribution in [1.29, 1.82) is 0 Å². The quantitative estimate of drug-likeness (QED) is 0.758. The van der Waals surface area contributed by atoms with Crippen LogP contribution in [-0.4, -0.2) is 11.8 Å². The van der Waals surface area contributed by atoms with Crippen molar-refractivity contribution in [2.24, 2.45) is 0 Å². The van der Waals surface area contributed by atoms with Gasteiger partial charge in [-0.25, -0.2) is 0 Å². The molecule has 0 aliphatic carbocycles. The zero-order valence-electron chi connectivity index (χ0n) is 7.12. The van der Waals surface area contributed by atoms with E-state index in [1.807, 2.05) is 0 Å². The number of ether oxygens (including phenoxy) is 1. The molecule has 0 bridgehead atoms. The summed E-state index contributed by atoms with van der Waals surface area (Å²) in [4.78, 5) is 0. The molecule has 5 heteroatoms. The first kappa shape index (κ1) is 8.84. The van der Waals surface area contributed by atoms with E-state index in [2.05, 4.69) is 5.16 Å². The number of anilines is 1. The zero-order valence-corrected chi connectivity index (χ0v) is 7.88. The summed E-state index contributed by atoms with van der Waals surface area (Å²) in [6.07, 6.45) is 3.09. The molecule has 2 heterocycles. The molecule has 0 radical (unpaired) electrons. The molecule has 1 aliphatic heterocycles. The molecule has 1 saturated heterocycles. The molecule has 1 aliphatic rings. The number of rotatable bonds is 1. The summed E-state index contributed by atoms with van der Waals surface area (Å²) in [5.41, 5.74) is 6.08. The topological polar surface area (TPSA) is 61.3 Å². The molecule has 1 unspecified atom stereocenters.